The third kappa shape index (κ3) is 0.856. The molecule has 10 heavy (non-hydrogen) atoms. The molecule has 0 fully saturated rings. The van der Waals surface area contributed by atoms with Gasteiger partial charge in [0.25, 0.3) is 0 Å². The van der Waals surface area contributed by atoms with Crippen molar-refractivity contribution in [1.29, 1.82) is 0 Å². The van der Waals surface area contributed by atoms with Gasteiger partial charge < -0.3 is 4.57 Å². The minimum absolute atomic E-state index is 1.20. The van der Waals surface area contributed by atoms with Crippen molar-refractivity contribution in [2.24, 2.45) is 0 Å². The van der Waals surface area contributed by atoms with E-state index in [0.29, 0.717) is 0 Å². The van der Waals surface area contributed by atoms with Gasteiger partial charge in [-0.05, 0) is 19.3 Å². The number of rotatable bonds is 1. The van der Waals surface area contributed by atoms with Crippen molar-refractivity contribution in [3.8, 4) is 0 Å². The van der Waals surface area contributed by atoms with Crippen molar-refractivity contribution in [3.63, 3.8) is 0 Å². The third-order valence-corrected chi connectivity index (χ3v) is 1.85. The SMILES string of the molecule is C1=C(n2ccnc2)CCC1. The summed E-state index contributed by atoms with van der Waals surface area (Å²) in [5.74, 6) is 0. The molecule has 1 heterocycles. The molecule has 1 aliphatic rings. The Morgan fingerprint density at radius 3 is 3.10 bits per heavy atom. The summed E-state index contributed by atoms with van der Waals surface area (Å²) >= 11 is 0. The maximum atomic E-state index is 3.99. The lowest BCUT2D eigenvalue weighted by atomic mass is 10.3. The van der Waals surface area contributed by atoms with E-state index in [0.717, 1.165) is 0 Å². The second-order valence-corrected chi connectivity index (χ2v) is 2.56. The first kappa shape index (κ1) is 5.71. The van der Waals surface area contributed by atoms with Crippen LogP contribution in [0.1, 0.15) is 19.3 Å². The van der Waals surface area contributed by atoms with Crippen molar-refractivity contribution in [1.82, 2.24) is 9.55 Å². The Kier molecular flexibility index (Phi) is 1.31. The summed E-state index contributed by atoms with van der Waals surface area (Å²) in [5.41, 5.74) is 1.40. The van der Waals surface area contributed by atoms with Gasteiger partial charge in [0.2, 0.25) is 0 Å². The van der Waals surface area contributed by atoms with Gasteiger partial charge in [0, 0.05) is 18.1 Å². The molecule has 0 amide bonds. The molecular formula is C8H10N2. The number of aromatic nitrogens is 2. The second-order valence-electron chi connectivity index (χ2n) is 2.56. The monoisotopic (exact) mass is 134 g/mol. The van der Waals surface area contributed by atoms with Gasteiger partial charge in [-0.25, -0.2) is 4.98 Å². The van der Waals surface area contributed by atoms with Crippen LogP contribution in [0.5, 0.6) is 0 Å². The normalized spacial score (nSPS) is 17.4. The number of nitrogens with zero attached hydrogens (tertiary/aromatic N) is 2. The molecule has 1 aromatic heterocycles. The molecule has 0 radical (unpaired) electrons. The highest BCUT2D eigenvalue weighted by Gasteiger charge is 2.04. The van der Waals surface area contributed by atoms with Crippen LogP contribution < -0.4 is 0 Å². The van der Waals surface area contributed by atoms with E-state index < -0.39 is 0 Å². The predicted octanol–water partition coefficient (Wildman–Crippen LogP) is 1.91. The first-order valence-electron chi connectivity index (χ1n) is 3.64. The van der Waals surface area contributed by atoms with Crippen molar-refractivity contribution in [2.45, 2.75) is 19.3 Å². The van der Waals surface area contributed by atoms with E-state index in [1.807, 2.05) is 18.7 Å². The number of imidazole rings is 1. The zero-order valence-electron chi connectivity index (χ0n) is 5.83. The minimum atomic E-state index is 1.20. The van der Waals surface area contributed by atoms with Crippen LogP contribution in [0, 0.1) is 0 Å². The van der Waals surface area contributed by atoms with Gasteiger partial charge in [-0.1, -0.05) is 6.08 Å². The Bertz CT molecular complexity index is 234. The van der Waals surface area contributed by atoms with E-state index in [1.54, 1.807) is 0 Å². The van der Waals surface area contributed by atoms with Gasteiger partial charge in [0.1, 0.15) is 0 Å². The molecule has 0 atom stereocenters. The lowest BCUT2D eigenvalue weighted by Crippen LogP contribution is -1.88. The molecule has 0 saturated carbocycles. The van der Waals surface area contributed by atoms with Crippen LogP contribution in [-0.2, 0) is 0 Å². The molecule has 2 nitrogen and oxygen atoms in total. The average molecular weight is 134 g/mol. The molecule has 0 saturated heterocycles. The fourth-order valence-electron chi connectivity index (χ4n) is 1.32. The molecule has 0 bridgehead atoms. The standard InChI is InChI=1S/C8H10N2/c1-2-4-8(3-1)10-6-5-9-7-10/h3,5-7H,1-2,4H2. The van der Waals surface area contributed by atoms with Crippen LogP contribution in [0.2, 0.25) is 0 Å². The van der Waals surface area contributed by atoms with Gasteiger partial charge in [0.05, 0.1) is 6.33 Å². The fraction of sp³-hybridized carbons (Fsp3) is 0.375. The van der Waals surface area contributed by atoms with Crippen LogP contribution in [0.25, 0.3) is 5.70 Å². The molecule has 0 spiro atoms. The largest absolute Gasteiger partial charge is 0.310 e. The summed E-state index contributed by atoms with van der Waals surface area (Å²) in [6, 6.07) is 0. The molecule has 1 aromatic rings. The van der Waals surface area contributed by atoms with E-state index in [2.05, 4.69) is 15.6 Å². The topological polar surface area (TPSA) is 17.8 Å². The molecule has 2 rings (SSSR count). The summed E-state index contributed by atoms with van der Waals surface area (Å²) in [4.78, 5) is 3.99. The summed E-state index contributed by atoms with van der Waals surface area (Å²) in [6.45, 7) is 0. The number of hydrogen-bond donors (Lipinski definition) is 0. The van der Waals surface area contributed by atoms with E-state index in [4.69, 9.17) is 0 Å². The smallest absolute Gasteiger partial charge is 0.0989 e. The highest BCUT2D eigenvalue weighted by atomic mass is 15.0. The van der Waals surface area contributed by atoms with Crippen LogP contribution in [-0.4, -0.2) is 9.55 Å². The molecule has 2 heteroatoms. The molecule has 0 aliphatic heterocycles. The molecule has 52 valence electrons. The molecular weight excluding hydrogens is 124 g/mol. The zero-order chi connectivity index (χ0) is 6.81. The van der Waals surface area contributed by atoms with Gasteiger partial charge in [-0.15, -0.1) is 0 Å². The number of hydrogen-bond acceptors (Lipinski definition) is 1. The first-order valence-corrected chi connectivity index (χ1v) is 3.64. The lowest BCUT2D eigenvalue weighted by molar-refractivity contribution is 0.904. The van der Waals surface area contributed by atoms with Gasteiger partial charge in [0.15, 0.2) is 0 Å². The van der Waals surface area contributed by atoms with E-state index in [9.17, 15) is 0 Å². The van der Waals surface area contributed by atoms with Gasteiger partial charge >= 0.3 is 0 Å². The van der Waals surface area contributed by atoms with Crippen LogP contribution in [0.15, 0.2) is 24.8 Å². The Labute approximate surface area is 60.2 Å². The number of allylic oxidation sites excluding steroid dienone is 2. The van der Waals surface area contributed by atoms with E-state index in [-0.39, 0.29) is 0 Å². The maximum Gasteiger partial charge on any atom is 0.0989 e. The van der Waals surface area contributed by atoms with Crippen LogP contribution >= 0.6 is 0 Å². The molecule has 0 N–H and O–H groups in total. The molecule has 0 aromatic carbocycles. The minimum Gasteiger partial charge on any atom is -0.310 e. The highest BCUT2D eigenvalue weighted by molar-refractivity contribution is 5.47. The Hall–Kier alpha value is -1.05. The lowest BCUT2D eigenvalue weighted by Gasteiger charge is -1.99. The summed E-state index contributed by atoms with van der Waals surface area (Å²) in [5, 5.41) is 0. The molecule has 0 unspecified atom stereocenters. The fourth-order valence-corrected chi connectivity index (χ4v) is 1.32. The Morgan fingerprint density at radius 1 is 1.50 bits per heavy atom. The quantitative estimate of drug-likeness (QED) is 0.573. The maximum absolute atomic E-state index is 3.99. The van der Waals surface area contributed by atoms with Crippen molar-refractivity contribution in [2.75, 3.05) is 0 Å². The van der Waals surface area contributed by atoms with Crippen molar-refractivity contribution < 1.29 is 0 Å². The van der Waals surface area contributed by atoms with Crippen LogP contribution in [0.3, 0.4) is 0 Å². The van der Waals surface area contributed by atoms with E-state index >= 15 is 0 Å². The summed E-state index contributed by atoms with van der Waals surface area (Å²) in [6.07, 6.45) is 11.7. The highest BCUT2D eigenvalue weighted by Crippen LogP contribution is 2.21. The Morgan fingerprint density at radius 2 is 2.50 bits per heavy atom. The first-order chi connectivity index (χ1) is 4.97. The third-order valence-electron chi connectivity index (χ3n) is 1.85. The van der Waals surface area contributed by atoms with Crippen LogP contribution in [0.4, 0.5) is 0 Å². The average Bonchev–Trinajstić information content (AvgIpc) is 2.59. The van der Waals surface area contributed by atoms with Crippen molar-refractivity contribution >= 4 is 5.70 Å². The van der Waals surface area contributed by atoms with Gasteiger partial charge in [-0.3, -0.25) is 0 Å². The van der Waals surface area contributed by atoms with Crippen molar-refractivity contribution in [3.05, 3.63) is 24.8 Å². The summed E-state index contributed by atoms with van der Waals surface area (Å²) in [7, 11) is 0. The summed E-state index contributed by atoms with van der Waals surface area (Å²) < 4.78 is 2.09. The Balaban J connectivity index is 2.28. The van der Waals surface area contributed by atoms with Gasteiger partial charge in [-0.2, -0.15) is 0 Å². The molecule has 1 aliphatic carbocycles. The predicted molar refractivity (Wildman–Crippen MR) is 40.4 cm³/mol. The zero-order valence-corrected chi connectivity index (χ0v) is 5.83. The van der Waals surface area contributed by atoms with E-state index in [1.165, 1.54) is 25.0 Å². The second kappa shape index (κ2) is 2.29.